The maximum Gasteiger partial charge on any atom is 0.241 e. The van der Waals surface area contributed by atoms with Crippen molar-refractivity contribution in [3.05, 3.63) is 65.0 Å². The van der Waals surface area contributed by atoms with Crippen LogP contribution in [0.5, 0.6) is 5.75 Å². The first-order valence-corrected chi connectivity index (χ1v) is 12.3. The zero-order chi connectivity index (χ0) is 23.8. The second-order valence-corrected chi connectivity index (χ2v) is 8.98. The van der Waals surface area contributed by atoms with E-state index in [9.17, 15) is 4.79 Å². The molecule has 7 nitrogen and oxygen atoms in total. The van der Waals surface area contributed by atoms with Crippen LogP contribution in [0.4, 0.5) is 0 Å². The molecule has 0 radical (unpaired) electrons. The van der Waals surface area contributed by atoms with Gasteiger partial charge in [-0.2, -0.15) is 4.98 Å². The van der Waals surface area contributed by atoms with Crippen LogP contribution < -0.4 is 10.1 Å². The normalized spacial score (nSPS) is 14.8. The van der Waals surface area contributed by atoms with E-state index in [1.165, 1.54) is 5.56 Å². The van der Waals surface area contributed by atoms with Crippen molar-refractivity contribution < 1.29 is 14.1 Å². The Kier molecular flexibility index (Phi) is 8.55. The molecule has 34 heavy (non-hydrogen) atoms. The van der Waals surface area contributed by atoms with Crippen LogP contribution in [0.25, 0.3) is 11.4 Å². The monoisotopic (exact) mass is 482 g/mol. The molecule has 2 heterocycles. The number of nitrogens with one attached hydrogen (secondary N) is 1. The Labute approximate surface area is 205 Å². The van der Waals surface area contributed by atoms with Crippen molar-refractivity contribution in [3.8, 4) is 17.1 Å². The average molecular weight is 483 g/mol. The second kappa shape index (κ2) is 12.0. The van der Waals surface area contributed by atoms with Crippen molar-refractivity contribution in [1.82, 2.24) is 20.4 Å². The minimum absolute atomic E-state index is 0.0615. The van der Waals surface area contributed by atoms with Crippen molar-refractivity contribution in [3.63, 3.8) is 0 Å². The van der Waals surface area contributed by atoms with Crippen LogP contribution in [0.15, 0.2) is 53.1 Å². The largest absolute Gasteiger partial charge is 0.494 e. The zero-order valence-electron chi connectivity index (χ0n) is 19.5. The summed E-state index contributed by atoms with van der Waals surface area (Å²) in [5.41, 5.74) is 2.09. The van der Waals surface area contributed by atoms with Gasteiger partial charge in [-0.1, -0.05) is 41.0 Å². The van der Waals surface area contributed by atoms with Gasteiger partial charge in [-0.15, -0.1) is 0 Å². The van der Waals surface area contributed by atoms with Gasteiger partial charge in [0, 0.05) is 23.0 Å². The number of piperidine rings is 1. The third-order valence-electron chi connectivity index (χ3n) is 6.04. The molecule has 0 spiro atoms. The highest BCUT2D eigenvalue weighted by Gasteiger charge is 2.25. The van der Waals surface area contributed by atoms with Gasteiger partial charge in [0.05, 0.1) is 13.2 Å². The lowest BCUT2D eigenvalue weighted by atomic mass is 9.96. The smallest absolute Gasteiger partial charge is 0.241 e. The number of rotatable bonds is 10. The quantitative estimate of drug-likeness (QED) is 0.420. The van der Waals surface area contributed by atoms with E-state index in [2.05, 4.69) is 32.5 Å². The van der Waals surface area contributed by atoms with Crippen molar-refractivity contribution in [1.29, 1.82) is 0 Å². The summed E-state index contributed by atoms with van der Waals surface area (Å²) >= 11 is 6.05. The lowest BCUT2D eigenvalue weighted by molar-refractivity contribution is -0.126. The fourth-order valence-electron chi connectivity index (χ4n) is 4.18. The lowest BCUT2D eigenvalue weighted by Crippen LogP contribution is -2.40. The minimum Gasteiger partial charge on any atom is -0.494 e. The maximum absolute atomic E-state index is 12.6. The third-order valence-corrected chi connectivity index (χ3v) is 6.28. The van der Waals surface area contributed by atoms with Crippen LogP contribution in [0, 0.1) is 5.92 Å². The molecule has 0 aliphatic carbocycles. The van der Waals surface area contributed by atoms with Crippen LogP contribution in [-0.2, 0) is 17.8 Å². The van der Waals surface area contributed by atoms with E-state index in [0.717, 1.165) is 50.1 Å². The van der Waals surface area contributed by atoms with Crippen LogP contribution in [0.1, 0.15) is 37.6 Å². The summed E-state index contributed by atoms with van der Waals surface area (Å²) in [5, 5.41) is 7.82. The van der Waals surface area contributed by atoms with Crippen molar-refractivity contribution in [2.24, 2.45) is 5.92 Å². The first-order valence-electron chi connectivity index (χ1n) is 11.9. The number of nitrogens with zero attached hydrogens (tertiary/aromatic N) is 3. The summed E-state index contributed by atoms with van der Waals surface area (Å²) in [6, 6.07) is 15.6. The molecule has 0 bridgehead atoms. The summed E-state index contributed by atoms with van der Waals surface area (Å²) in [6.45, 7) is 5.60. The Morgan fingerprint density at radius 2 is 2.00 bits per heavy atom. The molecule has 180 valence electrons. The van der Waals surface area contributed by atoms with Gasteiger partial charge >= 0.3 is 0 Å². The van der Waals surface area contributed by atoms with Gasteiger partial charge in [-0.3, -0.25) is 9.69 Å². The van der Waals surface area contributed by atoms with Gasteiger partial charge < -0.3 is 14.6 Å². The molecule has 1 amide bonds. The van der Waals surface area contributed by atoms with E-state index in [0.29, 0.717) is 36.4 Å². The summed E-state index contributed by atoms with van der Waals surface area (Å²) in [4.78, 5) is 19.3. The van der Waals surface area contributed by atoms with Crippen LogP contribution >= 0.6 is 11.6 Å². The number of hydrogen-bond donors (Lipinski definition) is 1. The van der Waals surface area contributed by atoms with Gasteiger partial charge in [-0.25, -0.2) is 0 Å². The van der Waals surface area contributed by atoms with Crippen molar-refractivity contribution in [2.75, 3.05) is 26.2 Å². The number of halogens is 1. The zero-order valence-corrected chi connectivity index (χ0v) is 20.3. The molecule has 3 aromatic rings. The minimum atomic E-state index is 0.0615. The highest BCUT2D eigenvalue weighted by molar-refractivity contribution is 6.30. The molecule has 0 saturated carbocycles. The molecule has 2 aromatic carbocycles. The number of aryl methyl sites for hydroxylation is 1. The maximum atomic E-state index is 12.6. The molecule has 1 aliphatic heterocycles. The van der Waals surface area contributed by atoms with E-state index in [4.69, 9.17) is 20.9 Å². The number of likely N-dealkylation sites (tertiary alicyclic amines) is 1. The summed E-state index contributed by atoms with van der Waals surface area (Å²) in [5.74, 6) is 2.23. The number of benzene rings is 2. The predicted octanol–water partition coefficient (Wildman–Crippen LogP) is 4.75. The number of aromatic nitrogens is 2. The standard InChI is InChI=1S/C26H31ClN4O3/c1-2-33-23-10-8-19(9-11-23)5-4-14-28-26(32)20-12-15-31(16-13-20)18-24-29-25(30-34-24)21-6-3-7-22(27)17-21/h3,6-11,17,20H,2,4-5,12-16,18H2,1H3,(H,28,32). The molecule has 1 fully saturated rings. The summed E-state index contributed by atoms with van der Waals surface area (Å²) in [6.07, 6.45) is 3.52. The Balaban J connectivity index is 1.15. The van der Waals surface area contributed by atoms with Gasteiger partial charge in [0.1, 0.15) is 5.75 Å². The van der Waals surface area contributed by atoms with Gasteiger partial charge in [0.2, 0.25) is 17.6 Å². The molecule has 1 N–H and O–H groups in total. The summed E-state index contributed by atoms with van der Waals surface area (Å²) in [7, 11) is 0. The highest BCUT2D eigenvalue weighted by atomic mass is 35.5. The van der Waals surface area contributed by atoms with Gasteiger partial charge in [-0.05, 0) is 75.5 Å². The molecule has 1 saturated heterocycles. The average Bonchev–Trinajstić information content (AvgIpc) is 3.32. The third kappa shape index (κ3) is 6.81. The van der Waals surface area contributed by atoms with E-state index in [-0.39, 0.29) is 11.8 Å². The SMILES string of the molecule is CCOc1ccc(CCCNC(=O)C2CCN(Cc3nc(-c4cccc(Cl)c4)no3)CC2)cc1. The number of ether oxygens (including phenoxy) is 1. The fraction of sp³-hybridized carbons (Fsp3) is 0.423. The van der Waals surface area contributed by atoms with Crippen molar-refractivity contribution in [2.45, 2.75) is 39.2 Å². The van der Waals surface area contributed by atoms with Crippen LogP contribution in [0.2, 0.25) is 5.02 Å². The predicted molar refractivity (Wildman–Crippen MR) is 132 cm³/mol. The van der Waals surface area contributed by atoms with E-state index >= 15 is 0 Å². The Hall–Kier alpha value is -2.90. The van der Waals surface area contributed by atoms with E-state index < -0.39 is 0 Å². The Morgan fingerprint density at radius 1 is 1.21 bits per heavy atom. The molecule has 1 aliphatic rings. The number of carbonyl (C=O) groups is 1. The van der Waals surface area contributed by atoms with Gasteiger partial charge in [0.15, 0.2) is 0 Å². The lowest BCUT2D eigenvalue weighted by Gasteiger charge is -2.30. The summed E-state index contributed by atoms with van der Waals surface area (Å²) < 4.78 is 10.9. The first-order chi connectivity index (χ1) is 16.6. The molecule has 4 rings (SSSR count). The molecular weight excluding hydrogens is 452 g/mol. The van der Waals surface area contributed by atoms with Crippen molar-refractivity contribution >= 4 is 17.5 Å². The number of amides is 1. The molecule has 0 unspecified atom stereocenters. The Bertz CT molecular complexity index is 1060. The van der Waals surface area contributed by atoms with Crippen LogP contribution in [-0.4, -0.2) is 47.2 Å². The highest BCUT2D eigenvalue weighted by Crippen LogP contribution is 2.22. The van der Waals surface area contributed by atoms with E-state index in [1.807, 2.05) is 43.3 Å². The Morgan fingerprint density at radius 3 is 2.74 bits per heavy atom. The van der Waals surface area contributed by atoms with Crippen LogP contribution in [0.3, 0.4) is 0 Å². The molecule has 0 atom stereocenters. The number of carbonyl (C=O) groups excluding carboxylic acids is 1. The second-order valence-electron chi connectivity index (χ2n) is 8.54. The molecule has 1 aromatic heterocycles. The van der Waals surface area contributed by atoms with Gasteiger partial charge in [0.25, 0.3) is 0 Å². The first kappa shape index (κ1) is 24.2. The molecule has 8 heteroatoms. The number of hydrogen-bond acceptors (Lipinski definition) is 6. The molecular formula is C26H31ClN4O3. The fourth-order valence-corrected chi connectivity index (χ4v) is 4.37. The van der Waals surface area contributed by atoms with E-state index in [1.54, 1.807) is 0 Å². The topological polar surface area (TPSA) is 80.5 Å².